The van der Waals surface area contributed by atoms with Gasteiger partial charge in [-0.3, -0.25) is 9.59 Å². The first-order valence-electron chi connectivity index (χ1n) is 11.6. The van der Waals surface area contributed by atoms with Gasteiger partial charge in [0.25, 0.3) is 5.91 Å². The van der Waals surface area contributed by atoms with E-state index in [0.29, 0.717) is 30.5 Å². The first-order chi connectivity index (χ1) is 16.3. The minimum atomic E-state index is -0.645. The molecule has 1 amide bonds. The SMILES string of the molecule is Cc1cc(Nc2nc(N3CCC[C@@H](CC(=O)c4ccc(C(C)C)cc4)C3)cnc2C(N)=O)sn1. The van der Waals surface area contributed by atoms with Crippen LogP contribution in [0.3, 0.4) is 0 Å². The van der Waals surface area contributed by atoms with Crippen molar-refractivity contribution in [1.82, 2.24) is 14.3 Å². The van der Waals surface area contributed by atoms with Crippen LogP contribution in [0.5, 0.6) is 0 Å². The number of benzene rings is 1. The fourth-order valence-electron chi connectivity index (χ4n) is 4.21. The van der Waals surface area contributed by atoms with Crippen molar-refractivity contribution >= 4 is 39.9 Å². The molecule has 4 rings (SSSR count). The molecule has 1 saturated heterocycles. The van der Waals surface area contributed by atoms with E-state index in [-0.39, 0.29) is 17.4 Å². The van der Waals surface area contributed by atoms with Gasteiger partial charge in [-0.25, -0.2) is 9.97 Å². The Morgan fingerprint density at radius 1 is 1.26 bits per heavy atom. The molecular weight excluding hydrogens is 448 g/mol. The van der Waals surface area contributed by atoms with Gasteiger partial charge < -0.3 is 16.0 Å². The third-order valence-corrected chi connectivity index (χ3v) is 6.87. The van der Waals surface area contributed by atoms with Crippen molar-refractivity contribution in [3.05, 3.63) is 59.0 Å². The van der Waals surface area contributed by atoms with E-state index in [0.717, 1.165) is 35.6 Å². The molecule has 3 aromatic rings. The number of nitrogens with two attached hydrogens (primary N) is 1. The van der Waals surface area contributed by atoms with E-state index in [4.69, 9.17) is 5.73 Å². The van der Waals surface area contributed by atoms with Crippen LogP contribution in [0.25, 0.3) is 0 Å². The lowest BCUT2D eigenvalue weighted by atomic mass is 9.90. The van der Waals surface area contributed by atoms with E-state index >= 15 is 0 Å². The molecule has 0 bridgehead atoms. The molecule has 1 aliphatic heterocycles. The Labute approximate surface area is 203 Å². The van der Waals surface area contributed by atoms with Gasteiger partial charge in [-0.05, 0) is 54.8 Å². The molecule has 1 fully saturated rings. The number of nitrogens with one attached hydrogen (secondary N) is 1. The molecule has 0 spiro atoms. The lowest BCUT2D eigenvalue weighted by Crippen LogP contribution is -2.37. The van der Waals surface area contributed by atoms with Crippen molar-refractivity contribution in [2.45, 2.75) is 46.0 Å². The number of hydrogen-bond donors (Lipinski definition) is 2. The molecule has 1 aliphatic rings. The van der Waals surface area contributed by atoms with Gasteiger partial charge in [0.2, 0.25) is 0 Å². The van der Waals surface area contributed by atoms with Crippen LogP contribution in [-0.4, -0.2) is 39.1 Å². The van der Waals surface area contributed by atoms with E-state index in [1.54, 1.807) is 6.20 Å². The zero-order valence-corrected chi connectivity index (χ0v) is 20.6. The summed E-state index contributed by atoms with van der Waals surface area (Å²) in [6, 6.07) is 9.83. The van der Waals surface area contributed by atoms with Gasteiger partial charge in [-0.2, -0.15) is 4.37 Å². The Morgan fingerprint density at radius 2 is 2.03 bits per heavy atom. The fourth-order valence-corrected chi connectivity index (χ4v) is 4.87. The predicted molar refractivity (Wildman–Crippen MR) is 135 cm³/mol. The second-order valence-electron chi connectivity index (χ2n) is 9.11. The van der Waals surface area contributed by atoms with Crippen LogP contribution in [0.15, 0.2) is 36.5 Å². The smallest absolute Gasteiger partial charge is 0.271 e. The molecule has 0 unspecified atom stereocenters. The first-order valence-corrected chi connectivity index (χ1v) is 12.3. The molecule has 178 valence electrons. The molecular formula is C25H30N6O2S. The van der Waals surface area contributed by atoms with E-state index < -0.39 is 5.91 Å². The number of amides is 1. The maximum Gasteiger partial charge on any atom is 0.271 e. The maximum absolute atomic E-state index is 12.9. The van der Waals surface area contributed by atoms with Crippen molar-refractivity contribution in [2.24, 2.45) is 11.7 Å². The standard InChI is InChI=1S/C25H30N6O2S/c1-15(2)18-6-8-19(9-7-18)20(32)12-17-5-4-10-31(14-17)21-13-27-23(24(26)33)25(28-21)29-22-11-16(3)30-34-22/h6-9,11,13,15,17H,4-5,10,12,14H2,1-3H3,(H2,26,33)(H,28,29)/t17-/m0/s1. The molecule has 0 saturated carbocycles. The largest absolute Gasteiger partial charge is 0.364 e. The summed E-state index contributed by atoms with van der Waals surface area (Å²) in [4.78, 5) is 35.9. The summed E-state index contributed by atoms with van der Waals surface area (Å²) in [6.07, 6.45) is 4.03. The van der Waals surface area contributed by atoms with Crippen LogP contribution in [0.4, 0.5) is 16.6 Å². The minimum absolute atomic E-state index is 0.0865. The lowest BCUT2D eigenvalue weighted by Gasteiger charge is -2.33. The Hall–Kier alpha value is -3.33. The number of carbonyl (C=O) groups is 2. The van der Waals surface area contributed by atoms with Gasteiger partial charge in [0.05, 0.1) is 11.9 Å². The highest BCUT2D eigenvalue weighted by atomic mass is 32.1. The highest BCUT2D eigenvalue weighted by Crippen LogP contribution is 2.28. The van der Waals surface area contributed by atoms with Crippen LogP contribution >= 0.6 is 11.5 Å². The van der Waals surface area contributed by atoms with Gasteiger partial charge in [-0.15, -0.1) is 0 Å². The van der Waals surface area contributed by atoms with Gasteiger partial charge in [0.1, 0.15) is 10.8 Å². The number of carbonyl (C=O) groups excluding carboxylic acids is 2. The number of aromatic nitrogens is 3. The average molecular weight is 479 g/mol. The third-order valence-electron chi connectivity index (χ3n) is 6.08. The van der Waals surface area contributed by atoms with Crippen LogP contribution in [0, 0.1) is 12.8 Å². The van der Waals surface area contributed by atoms with E-state index in [1.165, 1.54) is 17.1 Å². The number of ketones is 1. The molecule has 2 aromatic heterocycles. The monoisotopic (exact) mass is 478 g/mol. The van der Waals surface area contributed by atoms with Gasteiger partial charge in [-0.1, -0.05) is 38.1 Å². The zero-order valence-electron chi connectivity index (χ0n) is 19.7. The van der Waals surface area contributed by atoms with Crippen LogP contribution < -0.4 is 16.0 Å². The minimum Gasteiger partial charge on any atom is -0.364 e. The number of Topliss-reactive ketones (excluding diaryl/α,β-unsaturated/α-hetero) is 1. The van der Waals surface area contributed by atoms with Crippen LogP contribution in [0.1, 0.15) is 71.1 Å². The van der Waals surface area contributed by atoms with Gasteiger partial charge in [0.15, 0.2) is 17.3 Å². The highest BCUT2D eigenvalue weighted by Gasteiger charge is 2.25. The van der Waals surface area contributed by atoms with Crippen molar-refractivity contribution < 1.29 is 9.59 Å². The van der Waals surface area contributed by atoms with Crippen LogP contribution in [-0.2, 0) is 0 Å². The number of piperidine rings is 1. The number of aryl methyl sites for hydroxylation is 1. The summed E-state index contributed by atoms with van der Waals surface area (Å²) in [7, 11) is 0. The maximum atomic E-state index is 12.9. The summed E-state index contributed by atoms with van der Waals surface area (Å²) >= 11 is 1.28. The Balaban J connectivity index is 1.47. The second-order valence-corrected chi connectivity index (χ2v) is 9.91. The second kappa shape index (κ2) is 10.3. The van der Waals surface area contributed by atoms with E-state index in [2.05, 4.69) is 38.4 Å². The summed E-state index contributed by atoms with van der Waals surface area (Å²) in [5.74, 6) is 1.17. The van der Waals surface area contributed by atoms with Crippen molar-refractivity contribution in [3.8, 4) is 0 Å². The molecule has 3 heterocycles. The topological polar surface area (TPSA) is 114 Å². The molecule has 9 heteroatoms. The fraction of sp³-hybridized carbons (Fsp3) is 0.400. The zero-order chi connectivity index (χ0) is 24.2. The summed E-state index contributed by atoms with van der Waals surface area (Å²) in [5, 5.41) is 3.89. The molecule has 8 nitrogen and oxygen atoms in total. The van der Waals surface area contributed by atoms with Crippen molar-refractivity contribution in [1.29, 1.82) is 0 Å². The molecule has 0 aliphatic carbocycles. The molecule has 34 heavy (non-hydrogen) atoms. The first kappa shape index (κ1) is 23.8. The summed E-state index contributed by atoms with van der Waals surface area (Å²) < 4.78 is 4.25. The van der Waals surface area contributed by atoms with Gasteiger partial charge >= 0.3 is 0 Å². The number of rotatable bonds is 8. The molecule has 3 N–H and O–H groups in total. The number of primary amides is 1. The quantitative estimate of drug-likeness (QED) is 0.451. The Kier molecular flexibility index (Phi) is 7.21. The summed E-state index contributed by atoms with van der Waals surface area (Å²) in [6.45, 7) is 7.71. The highest BCUT2D eigenvalue weighted by molar-refractivity contribution is 7.10. The number of nitrogens with zero attached hydrogens (tertiary/aromatic N) is 4. The third kappa shape index (κ3) is 5.59. The van der Waals surface area contributed by atoms with E-state index in [1.807, 2.05) is 37.3 Å². The normalized spacial score (nSPS) is 16.0. The van der Waals surface area contributed by atoms with Crippen LogP contribution in [0.2, 0.25) is 0 Å². The average Bonchev–Trinajstić information content (AvgIpc) is 3.23. The Bertz CT molecular complexity index is 1170. The van der Waals surface area contributed by atoms with Gasteiger partial charge in [0, 0.05) is 25.1 Å². The van der Waals surface area contributed by atoms with Crippen molar-refractivity contribution in [2.75, 3.05) is 23.3 Å². The number of anilines is 3. The molecule has 0 radical (unpaired) electrons. The number of hydrogen-bond acceptors (Lipinski definition) is 8. The van der Waals surface area contributed by atoms with Crippen molar-refractivity contribution in [3.63, 3.8) is 0 Å². The Morgan fingerprint density at radius 3 is 2.68 bits per heavy atom. The van der Waals surface area contributed by atoms with E-state index in [9.17, 15) is 9.59 Å². The lowest BCUT2D eigenvalue weighted by molar-refractivity contribution is 0.0954. The molecule has 1 atom stereocenters. The summed E-state index contributed by atoms with van der Waals surface area (Å²) in [5.41, 5.74) is 8.47. The predicted octanol–water partition coefficient (Wildman–Crippen LogP) is 4.70. The molecule has 1 aromatic carbocycles.